The fourth-order valence-electron chi connectivity index (χ4n) is 4.21. The van der Waals surface area contributed by atoms with Crippen molar-refractivity contribution in [2.75, 3.05) is 20.2 Å². The molecule has 27 heavy (non-hydrogen) atoms. The summed E-state index contributed by atoms with van der Waals surface area (Å²) in [5.41, 5.74) is 4.24. The summed E-state index contributed by atoms with van der Waals surface area (Å²) in [6.07, 6.45) is 3.40. The topological polar surface area (TPSA) is 41.6 Å². The molecule has 0 radical (unpaired) electrons. The maximum absolute atomic E-state index is 11.9. The lowest BCUT2D eigenvalue weighted by Crippen LogP contribution is -2.32. The van der Waals surface area contributed by atoms with Crippen LogP contribution < -0.4 is 10.1 Å². The maximum atomic E-state index is 11.9. The molecular formula is C23H28N2O2. The highest BCUT2D eigenvalue weighted by atomic mass is 16.5. The lowest BCUT2D eigenvalue weighted by atomic mass is 9.94. The zero-order chi connectivity index (χ0) is 18.9. The van der Waals surface area contributed by atoms with E-state index in [0.29, 0.717) is 12.6 Å². The van der Waals surface area contributed by atoms with Crippen LogP contribution in [0.2, 0.25) is 0 Å². The van der Waals surface area contributed by atoms with Crippen LogP contribution in [0.15, 0.2) is 48.5 Å². The molecule has 1 saturated carbocycles. The molecule has 1 amide bonds. The van der Waals surface area contributed by atoms with E-state index in [1.807, 2.05) is 4.90 Å². The largest absolute Gasteiger partial charge is 0.497 e. The Hall–Kier alpha value is -2.33. The van der Waals surface area contributed by atoms with Gasteiger partial charge in [0.05, 0.1) is 7.11 Å². The van der Waals surface area contributed by atoms with E-state index in [4.69, 9.17) is 4.74 Å². The highest BCUT2D eigenvalue weighted by Crippen LogP contribution is 2.48. The third-order valence-corrected chi connectivity index (χ3v) is 6.17. The predicted octanol–water partition coefficient (Wildman–Crippen LogP) is 3.81. The number of benzene rings is 2. The summed E-state index contributed by atoms with van der Waals surface area (Å²) in [6.45, 7) is 4.15. The first-order chi connectivity index (χ1) is 13.1. The zero-order valence-corrected chi connectivity index (χ0v) is 16.2. The van der Waals surface area contributed by atoms with Gasteiger partial charge < -0.3 is 15.0 Å². The molecule has 0 saturated heterocycles. The van der Waals surface area contributed by atoms with Gasteiger partial charge in [0.25, 0.3) is 0 Å². The molecule has 1 aliphatic carbocycles. The Kier molecular flexibility index (Phi) is 4.92. The molecule has 4 heteroatoms. The molecule has 1 atom stereocenters. The van der Waals surface area contributed by atoms with E-state index in [-0.39, 0.29) is 11.3 Å². The molecule has 2 aliphatic rings. The van der Waals surface area contributed by atoms with Gasteiger partial charge in [-0.25, -0.2) is 0 Å². The minimum absolute atomic E-state index is 0.155. The van der Waals surface area contributed by atoms with Crippen LogP contribution in [0.4, 0.5) is 0 Å². The van der Waals surface area contributed by atoms with Gasteiger partial charge in [-0.3, -0.25) is 4.79 Å². The van der Waals surface area contributed by atoms with Gasteiger partial charge in [0.2, 0.25) is 5.91 Å². The van der Waals surface area contributed by atoms with Crippen molar-refractivity contribution in [1.82, 2.24) is 10.2 Å². The van der Waals surface area contributed by atoms with Crippen LogP contribution in [-0.4, -0.2) is 31.0 Å². The first-order valence-electron chi connectivity index (χ1n) is 9.82. The van der Waals surface area contributed by atoms with Crippen LogP contribution in [0.5, 0.6) is 5.75 Å². The number of ether oxygens (including phenoxy) is 1. The van der Waals surface area contributed by atoms with Crippen molar-refractivity contribution in [3.8, 4) is 5.75 Å². The van der Waals surface area contributed by atoms with Gasteiger partial charge in [-0.15, -0.1) is 0 Å². The molecule has 1 aliphatic heterocycles. The van der Waals surface area contributed by atoms with Gasteiger partial charge in [-0.2, -0.15) is 0 Å². The summed E-state index contributed by atoms with van der Waals surface area (Å²) in [6, 6.07) is 17.3. The van der Waals surface area contributed by atoms with Crippen LogP contribution in [0, 0.1) is 0 Å². The number of carbonyl (C=O) groups excluding carboxylic acids is 1. The summed E-state index contributed by atoms with van der Waals surface area (Å²) in [4.78, 5) is 13.9. The molecule has 1 N–H and O–H groups in total. The average Bonchev–Trinajstić information content (AvgIpc) is 3.50. The lowest BCUT2D eigenvalue weighted by Gasteiger charge is -2.24. The normalized spacial score (nSPS) is 20.5. The third-order valence-electron chi connectivity index (χ3n) is 6.17. The first kappa shape index (κ1) is 18.1. The van der Waals surface area contributed by atoms with Gasteiger partial charge in [-0.05, 0) is 48.1 Å². The van der Waals surface area contributed by atoms with Gasteiger partial charge >= 0.3 is 0 Å². The standard InChI is InChI=1S/C23H28N2O2/c1-17(26)25-14-11-22(21-6-4-3-5-18(21)15-25)24-16-23(12-13-23)19-7-9-20(27-2)10-8-19/h3-10,22,24H,11-16H2,1-2H3. The molecule has 1 fully saturated rings. The Labute approximate surface area is 161 Å². The van der Waals surface area contributed by atoms with Crippen LogP contribution >= 0.6 is 0 Å². The van der Waals surface area contributed by atoms with E-state index in [9.17, 15) is 4.79 Å². The molecule has 1 unspecified atom stereocenters. The summed E-state index contributed by atoms with van der Waals surface area (Å²) in [5, 5.41) is 3.84. The molecule has 0 aromatic heterocycles. The van der Waals surface area contributed by atoms with E-state index in [1.165, 1.54) is 29.5 Å². The number of fused-ring (bicyclic) bond motifs is 1. The van der Waals surface area contributed by atoms with Crippen molar-refractivity contribution in [1.29, 1.82) is 0 Å². The molecule has 0 spiro atoms. The second-order valence-corrected chi connectivity index (χ2v) is 7.87. The van der Waals surface area contributed by atoms with Crippen molar-refractivity contribution in [2.45, 2.75) is 44.2 Å². The number of methoxy groups -OCH3 is 1. The first-order valence-corrected chi connectivity index (χ1v) is 9.82. The highest BCUT2D eigenvalue weighted by Gasteiger charge is 2.44. The van der Waals surface area contributed by atoms with E-state index in [2.05, 4.69) is 53.8 Å². The van der Waals surface area contributed by atoms with Gasteiger partial charge in [-0.1, -0.05) is 36.4 Å². The third kappa shape index (κ3) is 3.72. The number of rotatable bonds is 5. The molecule has 4 rings (SSSR count). The Bertz CT molecular complexity index is 811. The highest BCUT2D eigenvalue weighted by molar-refractivity contribution is 5.73. The van der Waals surface area contributed by atoms with Crippen molar-refractivity contribution < 1.29 is 9.53 Å². The number of amides is 1. The SMILES string of the molecule is COc1ccc(C2(CNC3CCN(C(C)=O)Cc4ccccc43)CC2)cc1. The molecule has 0 bridgehead atoms. The number of nitrogens with one attached hydrogen (secondary N) is 1. The van der Waals surface area contributed by atoms with Gasteiger partial charge in [0.1, 0.15) is 5.75 Å². The number of carbonyl (C=O) groups is 1. The van der Waals surface area contributed by atoms with Crippen molar-refractivity contribution in [2.24, 2.45) is 0 Å². The van der Waals surface area contributed by atoms with Crippen LogP contribution in [-0.2, 0) is 16.8 Å². The second-order valence-electron chi connectivity index (χ2n) is 7.87. The van der Waals surface area contributed by atoms with E-state index < -0.39 is 0 Å². The fourth-order valence-corrected chi connectivity index (χ4v) is 4.21. The summed E-state index contributed by atoms with van der Waals surface area (Å²) < 4.78 is 5.29. The smallest absolute Gasteiger partial charge is 0.219 e. The van der Waals surface area contributed by atoms with E-state index in [1.54, 1.807) is 14.0 Å². The van der Waals surface area contributed by atoms with E-state index >= 15 is 0 Å². The second kappa shape index (κ2) is 7.35. The van der Waals surface area contributed by atoms with Crippen LogP contribution in [0.3, 0.4) is 0 Å². The fraction of sp³-hybridized carbons (Fsp3) is 0.435. The minimum atomic E-state index is 0.155. The summed E-state index contributed by atoms with van der Waals surface area (Å²) in [5.74, 6) is 1.06. The molecule has 1 heterocycles. The van der Waals surface area contributed by atoms with Crippen LogP contribution in [0.1, 0.15) is 48.9 Å². The number of hydrogen-bond acceptors (Lipinski definition) is 3. The van der Waals surface area contributed by atoms with Crippen LogP contribution in [0.25, 0.3) is 0 Å². The van der Waals surface area contributed by atoms with Crippen molar-refractivity contribution in [3.63, 3.8) is 0 Å². The Balaban J connectivity index is 1.50. The molecule has 4 nitrogen and oxygen atoms in total. The Morgan fingerprint density at radius 3 is 2.59 bits per heavy atom. The average molecular weight is 364 g/mol. The van der Waals surface area contributed by atoms with Gasteiger partial charge in [0.15, 0.2) is 0 Å². The number of hydrogen-bond donors (Lipinski definition) is 1. The van der Waals surface area contributed by atoms with E-state index in [0.717, 1.165) is 25.3 Å². The van der Waals surface area contributed by atoms with Gasteiger partial charge in [0, 0.05) is 38.0 Å². The monoisotopic (exact) mass is 364 g/mol. The lowest BCUT2D eigenvalue weighted by molar-refractivity contribution is -0.129. The molecular weight excluding hydrogens is 336 g/mol. The molecule has 2 aromatic carbocycles. The van der Waals surface area contributed by atoms with Crippen molar-refractivity contribution in [3.05, 3.63) is 65.2 Å². The van der Waals surface area contributed by atoms with Crippen molar-refractivity contribution >= 4 is 5.91 Å². The summed E-state index contributed by atoms with van der Waals surface area (Å²) >= 11 is 0. The Morgan fingerprint density at radius 2 is 1.93 bits per heavy atom. The quantitative estimate of drug-likeness (QED) is 0.877. The summed E-state index contributed by atoms with van der Waals surface area (Å²) in [7, 11) is 1.71. The number of nitrogens with zero attached hydrogens (tertiary/aromatic N) is 1. The maximum Gasteiger partial charge on any atom is 0.219 e. The Morgan fingerprint density at radius 1 is 1.19 bits per heavy atom. The zero-order valence-electron chi connectivity index (χ0n) is 16.2. The minimum Gasteiger partial charge on any atom is -0.497 e. The molecule has 142 valence electrons. The predicted molar refractivity (Wildman–Crippen MR) is 107 cm³/mol. The molecule has 2 aromatic rings.